The quantitative estimate of drug-likeness (QED) is 0.463. The Morgan fingerprint density at radius 1 is 0.800 bits per heavy atom. The molecule has 0 bridgehead atoms. The van der Waals surface area contributed by atoms with Crippen LogP contribution >= 0.6 is 0 Å². The van der Waals surface area contributed by atoms with Crippen molar-refractivity contribution in [3.8, 4) is 0 Å². The van der Waals surface area contributed by atoms with E-state index in [4.69, 9.17) is 9.47 Å². The van der Waals surface area contributed by atoms with Gasteiger partial charge in [0.2, 0.25) is 0 Å². The molecule has 1 radical (unpaired) electrons. The van der Waals surface area contributed by atoms with Crippen LogP contribution < -0.4 is 0 Å². The first-order chi connectivity index (χ1) is 7.41. The van der Waals surface area contributed by atoms with E-state index in [-0.39, 0.29) is 0 Å². The molecule has 2 nitrogen and oxygen atoms in total. The van der Waals surface area contributed by atoms with E-state index in [1.807, 2.05) is 6.92 Å². The number of rotatable bonds is 12. The zero-order chi connectivity index (χ0) is 11.2. The molecular weight excluding hydrogens is 188 g/mol. The van der Waals surface area contributed by atoms with Gasteiger partial charge in [0.15, 0.2) is 0 Å². The zero-order valence-corrected chi connectivity index (χ0v) is 10.5. The summed E-state index contributed by atoms with van der Waals surface area (Å²) in [6.07, 6.45) is 9.54. The Kier molecular flexibility index (Phi) is 13.8. The molecule has 0 aromatic carbocycles. The lowest BCUT2D eigenvalue weighted by Crippen LogP contribution is -1.96. The molecule has 0 atom stereocenters. The first-order valence-corrected chi connectivity index (χ1v) is 6.39. The van der Waals surface area contributed by atoms with Crippen molar-refractivity contribution in [2.24, 2.45) is 0 Å². The monoisotopic (exact) mass is 215 g/mol. The number of ether oxygens (including phenoxy) is 2. The standard InChI is InChI=1S/C13H27O2/c1-3-11-15-13-10-8-6-5-7-9-12-14-4-2/h6H,3-5,7-13H2,1-2H3. The fraction of sp³-hybridized carbons (Fsp3) is 0.923. The second-order valence-electron chi connectivity index (χ2n) is 3.74. The van der Waals surface area contributed by atoms with E-state index in [0.29, 0.717) is 0 Å². The third-order valence-electron chi connectivity index (χ3n) is 2.20. The van der Waals surface area contributed by atoms with Gasteiger partial charge in [0, 0.05) is 26.4 Å². The molecule has 0 aliphatic heterocycles. The molecule has 0 aromatic rings. The lowest BCUT2D eigenvalue weighted by molar-refractivity contribution is 0.132. The highest BCUT2D eigenvalue weighted by Crippen LogP contribution is 2.04. The number of unbranched alkanes of at least 4 members (excludes halogenated alkanes) is 5. The maximum Gasteiger partial charge on any atom is 0.0466 e. The molecule has 0 rings (SSSR count). The SMILES string of the molecule is CCCOCCC[CH]CCCCOCC. The van der Waals surface area contributed by atoms with Crippen molar-refractivity contribution in [1.82, 2.24) is 0 Å². The van der Waals surface area contributed by atoms with Gasteiger partial charge in [-0.3, -0.25) is 0 Å². The molecule has 0 aliphatic carbocycles. The minimum Gasteiger partial charge on any atom is -0.382 e. The molecule has 0 aromatic heterocycles. The lowest BCUT2D eigenvalue weighted by atomic mass is 10.1. The molecule has 0 heterocycles. The van der Waals surface area contributed by atoms with Gasteiger partial charge in [-0.2, -0.15) is 0 Å². The van der Waals surface area contributed by atoms with E-state index in [9.17, 15) is 0 Å². The first kappa shape index (κ1) is 14.9. The van der Waals surface area contributed by atoms with E-state index in [2.05, 4.69) is 13.3 Å². The second-order valence-corrected chi connectivity index (χ2v) is 3.74. The van der Waals surface area contributed by atoms with Crippen molar-refractivity contribution in [3.63, 3.8) is 0 Å². The third kappa shape index (κ3) is 13.9. The predicted octanol–water partition coefficient (Wildman–Crippen LogP) is 3.60. The Labute approximate surface area is 95.3 Å². The fourth-order valence-corrected chi connectivity index (χ4v) is 1.36. The highest BCUT2D eigenvalue weighted by molar-refractivity contribution is 4.64. The second kappa shape index (κ2) is 13.9. The Morgan fingerprint density at radius 3 is 2.27 bits per heavy atom. The maximum absolute atomic E-state index is 5.40. The molecule has 91 valence electrons. The molecule has 15 heavy (non-hydrogen) atoms. The van der Waals surface area contributed by atoms with E-state index in [1.54, 1.807) is 0 Å². The van der Waals surface area contributed by atoms with Gasteiger partial charge in [-0.05, 0) is 39.0 Å². The van der Waals surface area contributed by atoms with Crippen LogP contribution in [0.1, 0.15) is 52.4 Å². The number of hydrogen-bond donors (Lipinski definition) is 0. The summed E-state index contributed by atoms with van der Waals surface area (Å²) in [6, 6.07) is 0. The Morgan fingerprint density at radius 2 is 1.53 bits per heavy atom. The first-order valence-electron chi connectivity index (χ1n) is 6.39. The largest absolute Gasteiger partial charge is 0.382 e. The van der Waals surface area contributed by atoms with Crippen LogP contribution in [-0.2, 0) is 9.47 Å². The fourth-order valence-electron chi connectivity index (χ4n) is 1.36. The summed E-state index contributed by atoms with van der Waals surface area (Å²) >= 11 is 0. The average Bonchev–Trinajstić information content (AvgIpc) is 2.26. The summed E-state index contributed by atoms with van der Waals surface area (Å²) < 4.78 is 10.7. The van der Waals surface area contributed by atoms with Gasteiger partial charge in [-0.1, -0.05) is 19.8 Å². The normalized spacial score (nSPS) is 10.8. The van der Waals surface area contributed by atoms with Crippen molar-refractivity contribution in [3.05, 3.63) is 6.42 Å². The van der Waals surface area contributed by atoms with Gasteiger partial charge in [-0.15, -0.1) is 0 Å². The van der Waals surface area contributed by atoms with Crippen molar-refractivity contribution in [2.75, 3.05) is 26.4 Å². The summed E-state index contributed by atoms with van der Waals surface area (Å²) in [5.74, 6) is 0. The molecule has 0 unspecified atom stereocenters. The van der Waals surface area contributed by atoms with Gasteiger partial charge in [-0.25, -0.2) is 0 Å². The van der Waals surface area contributed by atoms with Crippen molar-refractivity contribution in [1.29, 1.82) is 0 Å². The van der Waals surface area contributed by atoms with E-state index in [1.165, 1.54) is 32.1 Å². The molecule has 0 amide bonds. The van der Waals surface area contributed by atoms with Crippen LogP contribution in [-0.4, -0.2) is 26.4 Å². The van der Waals surface area contributed by atoms with Crippen LogP contribution in [0.5, 0.6) is 0 Å². The van der Waals surface area contributed by atoms with Gasteiger partial charge in [0.05, 0.1) is 0 Å². The zero-order valence-electron chi connectivity index (χ0n) is 10.5. The van der Waals surface area contributed by atoms with E-state index >= 15 is 0 Å². The van der Waals surface area contributed by atoms with Gasteiger partial charge >= 0.3 is 0 Å². The van der Waals surface area contributed by atoms with Gasteiger partial charge in [0.1, 0.15) is 0 Å². The highest BCUT2D eigenvalue weighted by atomic mass is 16.5. The van der Waals surface area contributed by atoms with Crippen molar-refractivity contribution in [2.45, 2.75) is 52.4 Å². The summed E-state index contributed by atoms with van der Waals surface area (Å²) in [5, 5.41) is 0. The highest BCUT2D eigenvalue weighted by Gasteiger charge is 1.92. The molecule has 0 aliphatic rings. The van der Waals surface area contributed by atoms with Crippen LogP contribution in [0.15, 0.2) is 0 Å². The topological polar surface area (TPSA) is 18.5 Å². The van der Waals surface area contributed by atoms with Crippen LogP contribution in [0.2, 0.25) is 0 Å². The minimum absolute atomic E-state index is 0.846. The van der Waals surface area contributed by atoms with Crippen molar-refractivity contribution >= 4 is 0 Å². The third-order valence-corrected chi connectivity index (χ3v) is 2.20. The molecular formula is C13H27O2. The Hall–Kier alpha value is -0.0800. The molecule has 0 saturated heterocycles. The Bertz CT molecular complexity index is 92.7. The Balaban J connectivity index is 2.81. The minimum atomic E-state index is 0.846. The van der Waals surface area contributed by atoms with Gasteiger partial charge in [0.25, 0.3) is 0 Å². The molecule has 0 N–H and O–H groups in total. The summed E-state index contributed by atoms with van der Waals surface area (Å²) in [7, 11) is 0. The lowest BCUT2D eigenvalue weighted by Gasteiger charge is -2.03. The van der Waals surface area contributed by atoms with E-state index < -0.39 is 0 Å². The number of hydrogen-bond acceptors (Lipinski definition) is 2. The summed E-state index contributed by atoms with van der Waals surface area (Å²) in [6.45, 7) is 7.78. The van der Waals surface area contributed by atoms with Crippen LogP contribution in [0.25, 0.3) is 0 Å². The van der Waals surface area contributed by atoms with Gasteiger partial charge < -0.3 is 9.47 Å². The van der Waals surface area contributed by atoms with Crippen LogP contribution in [0.3, 0.4) is 0 Å². The molecule has 0 spiro atoms. The van der Waals surface area contributed by atoms with Crippen LogP contribution in [0, 0.1) is 6.42 Å². The van der Waals surface area contributed by atoms with Crippen molar-refractivity contribution < 1.29 is 9.47 Å². The summed E-state index contributed by atoms with van der Waals surface area (Å²) in [5.41, 5.74) is 0. The smallest absolute Gasteiger partial charge is 0.0466 e. The maximum atomic E-state index is 5.40. The average molecular weight is 215 g/mol. The molecule has 0 saturated carbocycles. The van der Waals surface area contributed by atoms with Crippen LogP contribution in [0.4, 0.5) is 0 Å². The summed E-state index contributed by atoms with van der Waals surface area (Å²) in [4.78, 5) is 0. The molecule has 2 heteroatoms. The molecule has 0 fully saturated rings. The predicted molar refractivity (Wildman–Crippen MR) is 65.0 cm³/mol. The van der Waals surface area contributed by atoms with E-state index in [0.717, 1.165) is 32.8 Å².